The predicted octanol–water partition coefficient (Wildman–Crippen LogP) is 6.50. The number of carbonyl (C=O) groups excluding carboxylic acids is 2. The van der Waals surface area contributed by atoms with Crippen molar-refractivity contribution in [3.05, 3.63) is 113 Å². The molecule has 0 saturated carbocycles. The highest BCUT2D eigenvalue weighted by Crippen LogP contribution is 2.57. The van der Waals surface area contributed by atoms with E-state index in [4.69, 9.17) is 13.9 Å². The zero-order valence-electron chi connectivity index (χ0n) is 25.5. The molecule has 5 rings (SSSR count). The number of ketones is 1. The second-order valence-electron chi connectivity index (χ2n) is 11.1. The van der Waals surface area contributed by atoms with Crippen molar-refractivity contribution in [3.63, 3.8) is 0 Å². The number of carboxylic acid groups (broad SMARTS) is 1. The molecule has 4 atom stereocenters. The molecule has 4 aromatic rings. The van der Waals surface area contributed by atoms with Crippen molar-refractivity contribution < 1.29 is 33.4 Å². The van der Waals surface area contributed by atoms with Gasteiger partial charge in [0.2, 0.25) is 0 Å². The lowest BCUT2D eigenvalue weighted by Gasteiger charge is -2.37. The number of benzene rings is 3. The maximum atomic E-state index is 14.7. The van der Waals surface area contributed by atoms with Gasteiger partial charge in [0.15, 0.2) is 5.78 Å². The van der Waals surface area contributed by atoms with Gasteiger partial charge >= 0.3 is 12.0 Å². The lowest BCUT2D eigenvalue weighted by Crippen LogP contribution is -2.55. The van der Waals surface area contributed by atoms with Gasteiger partial charge in [0.25, 0.3) is 0 Å². The molecule has 2 heterocycles. The Kier molecular flexibility index (Phi) is 8.38. The summed E-state index contributed by atoms with van der Waals surface area (Å²) in [6.07, 6.45) is 0. The van der Waals surface area contributed by atoms with Gasteiger partial charge in [0, 0.05) is 11.6 Å². The summed E-state index contributed by atoms with van der Waals surface area (Å²) < 4.78 is 16.3. The van der Waals surface area contributed by atoms with Crippen LogP contribution in [0, 0.1) is 31.1 Å². The number of carbonyl (C=O) groups is 3. The number of nitrogens with zero attached hydrogens (tertiary/aromatic N) is 2. The highest BCUT2D eigenvalue weighted by molar-refractivity contribution is 6.04. The minimum Gasteiger partial charge on any atom is -0.497 e. The average molecular weight is 608 g/mol. The average Bonchev–Trinajstić information content (AvgIpc) is 3.54. The number of anilines is 1. The highest BCUT2D eigenvalue weighted by atomic mass is 16.5. The summed E-state index contributed by atoms with van der Waals surface area (Å²) in [4.78, 5) is 43.8. The van der Waals surface area contributed by atoms with Gasteiger partial charge in [-0.05, 0) is 86.5 Å². The van der Waals surface area contributed by atoms with Crippen LogP contribution in [0.15, 0.2) is 83.3 Å². The molecule has 2 amide bonds. The van der Waals surface area contributed by atoms with Crippen molar-refractivity contribution in [2.45, 2.75) is 38.3 Å². The van der Waals surface area contributed by atoms with Crippen LogP contribution in [-0.2, 0) is 4.79 Å². The zero-order valence-corrected chi connectivity index (χ0v) is 25.5. The molecule has 0 bridgehead atoms. The minimum absolute atomic E-state index is 0.305. The number of hydrogen-bond acceptors (Lipinski definition) is 7. The van der Waals surface area contributed by atoms with E-state index < -0.39 is 35.4 Å². The number of carboxylic acids is 1. The molecule has 0 radical (unpaired) electrons. The van der Waals surface area contributed by atoms with Crippen LogP contribution in [0.4, 0.5) is 10.5 Å². The Bertz CT molecular complexity index is 1770. The molecular formula is C35H33N3O7. The van der Waals surface area contributed by atoms with Crippen LogP contribution in [0.25, 0.3) is 0 Å². The monoisotopic (exact) mass is 607 g/mol. The molecule has 1 aliphatic heterocycles. The summed E-state index contributed by atoms with van der Waals surface area (Å²) in [7, 11) is 3.05. The van der Waals surface area contributed by atoms with Crippen LogP contribution in [0.2, 0.25) is 0 Å². The number of rotatable bonds is 8. The first-order chi connectivity index (χ1) is 21.5. The van der Waals surface area contributed by atoms with Gasteiger partial charge in [0.1, 0.15) is 28.6 Å². The first-order valence-corrected chi connectivity index (χ1v) is 14.3. The Morgan fingerprint density at radius 2 is 1.47 bits per heavy atom. The van der Waals surface area contributed by atoms with Crippen LogP contribution in [0.5, 0.6) is 11.5 Å². The van der Waals surface area contributed by atoms with E-state index in [1.807, 2.05) is 0 Å². The van der Waals surface area contributed by atoms with E-state index in [9.17, 15) is 24.8 Å². The van der Waals surface area contributed by atoms with Gasteiger partial charge < -0.3 is 24.3 Å². The van der Waals surface area contributed by atoms with Crippen LogP contribution in [-0.4, -0.2) is 47.5 Å². The number of amides is 2. The molecule has 1 fully saturated rings. The summed E-state index contributed by atoms with van der Waals surface area (Å²) in [5.74, 6) is -1.68. The number of ether oxygens (including phenoxy) is 2. The van der Waals surface area contributed by atoms with Gasteiger partial charge in [-0.25, -0.2) is 9.59 Å². The number of nitriles is 1. The number of aryl methyl sites for hydroxylation is 2. The molecule has 1 aliphatic rings. The van der Waals surface area contributed by atoms with Crippen LogP contribution in [0.3, 0.4) is 0 Å². The lowest BCUT2D eigenvalue weighted by molar-refractivity contribution is -0.148. The third-order valence-corrected chi connectivity index (χ3v) is 8.54. The summed E-state index contributed by atoms with van der Waals surface area (Å²) in [6, 6.07) is 21.9. The smallest absolute Gasteiger partial charge is 0.330 e. The van der Waals surface area contributed by atoms with Gasteiger partial charge in [-0.2, -0.15) is 5.26 Å². The number of Topliss-reactive ketones (excluding diaryl/α,β-unsaturated/α-hetero) is 1. The van der Waals surface area contributed by atoms with E-state index in [0.717, 1.165) is 0 Å². The zero-order chi connectivity index (χ0) is 32.5. The van der Waals surface area contributed by atoms with Gasteiger partial charge in [0.05, 0.1) is 43.4 Å². The van der Waals surface area contributed by atoms with Crippen molar-refractivity contribution in [3.8, 4) is 17.6 Å². The summed E-state index contributed by atoms with van der Waals surface area (Å²) in [6.45, 7) is 4.88. The summed E-state index contributed by atoms with van der Waals surface area (Å²) in [5.41, 5.74) is 0.206. The van der Waals surface area contributed by atoms with Crippen LogP contribution in [0.1, 0.15) is 57.5 Å². The molecule has 45 heavy (non-hydrogen) atoms. The predicted molar refractivity (Wildman–Crippen MR) is 166 cm³/mol. The van der Waals surface area contributed by atoms with E-state index in [1.165, 1.54) is 26.0 Å². The number of nitrogens with one attached hydrogen (secondary N) is 1. The Morgan fingerprint density at radius 3 is 1.96 bits per heavy atom. The van der Waals surface area contributed by atoms with Gasteiger partial charge in [-0.1, -0.05) is 24.3 Å². The number of furan rings is 1. The van der Waals surface area contributed by atoms with Crippen LogP contribution < -0.4 is 14.8 Å². The van der Waals surface area contributed by atoms with Crippen molar-refractivity contribution in [2.75, 3.05) is 19.5 Å². The number of urea groups is 1. The van der Waals surface area contributed by atoms with E-state index in [2.05, 4.69) is 11.4 Å². The summed E-state index contributed by atoms with van der Waals surface area (Å²) in [5, 5.41) is 23.3. The fourth-order valence-electron chi connectivity index (χ4n) is 6.37. The molecule has 10 nitrogen and oxygen atoms in total. The lowest BCUT2D eigenvalue weighted by atomic mass is 9.71. The second-order valence-corrected chi connectivity index (χ2v) is 11.1. The largest absolute Gasteiger partial charge is 0.497 e. The van der Waals surface area contributed by atoms with Crippen molar-refractivity contribution in [1.82, 2.24) is 4.90 Å². The standard InChI is InChI=1S/C35H33N3O7/c1-20-18-28(21(2)45-20)32(39)29-30(23-10-14-26(43-4)15-11-23)35(3,33(40)41)38(31(29)24-8-6-22(19-36)7-9-24)34(42)37-25-12-16-27(44-5)17-13-25/h6-18,29-31H,1-5H3,(H,37,42)(H,40,41). The fraction of sp³-hybridized carbons (Fsp3) is 0.257. The Labute approximate surface area is 260 Å². The van der Waals surface area contributed by atoms with Crippen molar-refractivity contribution in [2.24, 2.45) is 5.92 Å². The molecule has 10 heteroatoms. The molecule has 0 aliphatic carbocycles. The Morgan fingerprint density at radius 1 is 0.911 bits per heavy atom. The second kappa shape index (κ2) is 12.2. The molecule has 0 spiro atoms. The topological polar surface area (TPSA) is 142 Å². The molecule has 4 unspecified atom stereocenters. The van der Waals surface area contributed by atoms with Crippen molar-refractivity contribution >= 4 is 23.5 Å². The highest BCUT2D eigenvalue weighted by Gasteiger charge is 2.65. The normalized spacial score (nSPS) is 20.7. The number of hydrogen-bond donors (Lipinski definition) is 2. The van der Waals surface area contributed by atoms with Gasteiger partial charge in [-0.3, -0.25) is 9.69 Å². The third-order valence-electron chi connectivity index (χ3n) is 8.54. The fourth-order valence-corrected chi connectivity index (χ4v) is 6.37. The maximum absolute atomic E-state index is 14.7. The Balaban J connectivity index is 1.76. The molecule has 1 aromatic heterocycles. The molecule has 230 valence electrons. The van der Waals surface area contributed by atoms with E-state index >= 15 is 0 Å². The Hall–Kier alpha value is -5.56. The quantitative estimate of drug-likeness (QED) is 0.216. The number of likely N-dealkylation sites (tertiary alicyclic amines) is 1. The summed E-state index contributed by atoms with van der Waals surface area (Å²) >= 11 is 0. The van der Waals surface area contributed by atoms with E-state index in [1.54, 1.807) is 92.7 Å². The van der Waals surface area contributed by atoms with Crippen LogP contribution >= 0.6 is 0 Å². The SMILES string of the molecule is COc1ccc(NC(=O)N2C(c3ccc(C#N)cc3)C(C(=O)c3cc(C)oc3C)C(c3ccc(OC)cc3)C2(C)C(=O)O)cc1. The molecule has 3 aromatic carbocycles. The minimum atomic E-state index is -1.92. The third kappa shape index (κ3) is 5.49. The first-order valence-electron chi connectivity index (χ1n) is 14.3. The molecule has 2 N–H and O–H groups in total. The first kappa shape index (κ1) is 30.9. The van der Waals surface area contributed by atoms with Gasteiger partial charge in [-0.15, -0.1) is 0 Å². The molecule has 1 saturated heterocycles. The van der Waals surface area contributed by atoms with E-state index in [-0.39, 0.29) is 5.78 Å². The van der Waals surface area contributed by atoms with Crippen molar-refractivity contribution in [1.29, 1.82) is 5.26 Å². The maximum Gasteiger partial charge on any atom is 0.330 e. The number of methoxy groups -OCH3 is 2. The van der Waals surface area contributed by atoms with E-state index in [0.29, 0.717) is 51.0 Å². The number of aliphatic carboxylic acids is 1. The molecular weight excluding hydrogens is 574 g/mol.